The van der Waals surface area contributed by atoms with Gasteiger partial charge in [0, 0.05) is 34.9 Å². The molecule has 0 radical (unpaired) electrons. The van der Waals surface area contributed by atoms with Crippen LogP contribution in [0.1, 0.15) is 27.2 Å². The number of nitrogens with zero attached hydrogens (tertiary/aromatic N) is 2. The van der Waals surface area contributed by atoms with E-state index in [2.05, 4.69) is 22.3 Å². The Morgan fingerprint density at radius 2 is 1.96 bits per heavy atom. The molecule has 0 aliphatic rings. The molecule has 2 heterocycles. The van der Waals surface area contributed by atoms with Crippen LogP contribution >= 0.6 is 0 Å². The first-order chi connectivity index (χ1) is 13.1. The third-order valence-corrected chi connectivity index (χ3v) is 4.93. The highest BCUT2D eigenvalue weighted by Crippen LogP contribution is 2.22. The first-order valence-corrected chi connectivity index (χ1v) is 9.08. The number of hydrogen-bond acceptors (Lipinski definition) is 2. The summed E-state index contributed by atoms with van der Waals surface area (Å²) in [6.45, 7) is 4.69. The quantitative estimate of drug-likeness (QED) is 0.567. The smallest absolute Gasteiger partial charge is 0.251 e. The molecule has 2 aromatic carbocycles. The van der Waals surface area contributed by atoms with Gasteiger partial charge < -0.3 is 10.3 Å². The van der Waals surface area contributed by atoms with E-state index in [1.807, 2.05) is 72.5 Å². The van der Waals surface area contributed by atoms with Gasteiger partial charge in [-0.25, -0.2) is 4.68 Å². The fourth-order valence-corrected chi connectivity index (χ4v) is 3.24. The lowest BCUT2D eigenvalue weighted by molar-refractivity contribution is 0.0954. The van der Waals surface area contributed by atoms with Gasteiger partial charge in [0.2, 0.25) is 0 Å². The Morgan fingerprint density at radius 1 is 1.15 bits per heavy atom. The van der Waals surface area contributed by atoms with Gasteiger partial charge in [-0.15, -0.1) is 0 Å². The van der Waals surface area contributed by atoms with Crippen LogP contribution in [-0.2, 0) is 6.42 Å². The number of benzene rings is 2. The van der Waals surface area contributed by atoms with Crippen molar-refractivity contribution < 1.29 is 4.79 Å². The van der Waals surface area contributed by atoms with Crippen molar-refractivity contribution in [2.45, 2.75) is 20.3 Å². The van der Waals surface area contributed by atoms with Crippen molar-refractivity contribution in [2.75, 3.05) is 6.54 Å². The second kappa shape index (κ2) is 7.11. The number of aryl methyl sites for hydroxylation is 2. The first kappa shape index (κ1) is 17.1. The molecular weight excluding hydrogens is 336 g/mol. The van der Waals surface area contributed by atoms with Crippen LogP contribution < -0.4 is 5.32 Å². The summed E-state index contributed by atoms with van der Waals surface area (Å²) < 4.78 is 1.85. The second-order valence-electron chi connectivity index (χ2n) is 6.77. The molecule has 2 N–H and O–H groups in total. The molecule has 0 fully saturated rings. The van der Waals surface area contributed by atoms with E-state index in [4.69, 9.17) is 0 Å². The van der Waals surface area contributed by atoms with Crippen LogP contribution in [0.15, 0.2) is 60.9 Å². The number of hydrogen-bond donors (Lipinski definition) is 2. The highest BCUT2D eigenvalue weighted by atomic mass is 16.1. The minimum atomic E-state index is -0.0504. The third-order valence-electron chi connectivity index (χ3n) is 4.93. The molecule has 0 saturated heterocycles. The molecule has 0 aliphatic carbocycles. The zero-order valence-corrected chi connectivity index (χ0v) is 15.5. The van der Waals surface area contributed by atoms with Crippen LogP contribution in [0.25, 0.3) is 16.6 Å². The predicted molar refractivity (Wildman–Crippen MR) is 107 cm³/mol. The van der Waals surface area contributed by atoms with Crippen LogP contribution in [0, 0.1) is 13.8 Å². The molecule has 136 valence electrons. The number of carbonyl (C=O) groups excluding carboxylic acids is 1. The fraction of sp³-hybridized carbons (Fsp3) is 0.182. The number of fused-ring (bicyclic) bond motifs is 1. The lowest BCUT2D eigenvalue weighted by Gasteiger charge is -2.05. The molecule has 5 nitrogen and oxygen atoms in total. The van der Waals surface area contributed by atoms with E-state index in [0.717, 1.165) is 34.3 Å². The van der Waals surface area contributed by atoms with Crippen molar-refractivity contribution >= 4 is 16.8 Å². The molecule has 27 heavy (non-hydrogen) atoms. The van der Waals surface area contributed by atoms with Gasteiger partial charge in [0.1, 0.15) is 0 Å². The van der Waals surface area contributed by atoms with Crippen molar-refractivity contribution in [3.05, 3.63) is 83.3 Å². The van der Waals surface area contributed by atoms with Crippen LogP contribution in [0.2, 0.25) is 0 Å². The Morgan fingerprint density at radius 3 is 2.78 bits per heavy atom. The topological polar surface area (TPSA) is 62.7 Å². The van der Waals surface area contributed by atoms with Gasteiger partial charge in [-0.3, -0.25) is 4.79 Å². The van der Waals surface area contributed by atoms with Gasteiger partial charge in [-0.05, 0) is 61.7 Å². The maximum Gasteiger partial charge on any atom is 0.251 e. The van der Waals surface area contributed by atoms with Crippen molar-refractivity contribution in [3.63, 3.8) is 0 Å². The molecule has 0 aliphatic heterocycles. The van der Waals surface area contributed by atoms with Gasteiger partial charge in [0.05, 0.1) is 11.9 Å². The number of rotatable bonds is 5. The maximum atomic E-state index is 12.5. The van der Waals surface area contributed by atoms with E-state index >= 15 is 0 Å². The van der Waals surface area contributed by atoms with E-state index in [9.17, 15) is 4.79 Å². The van der Waals surface area contributed by atoms with E-state index in [1.165, 1.54) is 5.56 Å². The summed E-state index contributed by atoms with van der Waals surface area (Å²) in [5.41, 5.74) is 6.19. The summed E-state index contributed by atoms with van der Waals surface area (Å²) in [5, 5.41) is 8.49. The molecule has 4 rings (SSSR count). The number of carbonyl (C=O) groups is 1. The summed E-state index contributed by atoms with van der Waals surface area (Å²) in [6, 6.07) is 15.8. The van der Waals surface area contributed by atoms with Crippen LogP contribution in [0.5, 0.6) is 0 Å². The summed E-state index contributed by atoms with van der Waals surface area (Å²) in [4.78, 5) is 15.8. The maximum absolute atomic E-state index is 12.5. The number of nitrogens with one attached hydrogen (secondary N) is 2. The van der Waals surface area contributed by atoms with Gasteiger partial charge >= 0.3 is 0 Å². The summed E-state index contributed by atoms with van der Waals surface area (Å²) in [6.07, 6.45) is 4.58. The molecule has 0 atom stereocenters. The number of aromatic amines is 1. The highest BCUT2D eigenvalue weighted by molar-refractivity contribution is 5.99. The Hall–Kier alpha value is -3.34. The normalized spacial score (nSPS) is 11.0. The van der Waals surface area contributed by atoms with Crippen LogP contribution in [0.4, 0.5) is 0 Å². The standard InChI is InChI=1S/C22H22N4O/c1-15-16(2)25-21-9-8-18(12-20(15)21)22(27)23-11-10-17-13-24-26(14-17)19-6-4-3-5-7-19/h3-9,12-14,25H,10-11H2,1-2H3,(H,23,27). The number of aromatic nitrogens is 3. The summed E-state index contributed by atoms with van der Waals surface area (Å²) in [7, 11) is 0. The molecule has 0 bridgehead atoms. The van der Waals surface area contributed by atoms with E-state index in [-0.39, 0.29) is 5.91 Å². The molecule has 0 unspecified atom stereocenters. The van der Waals surface area contributed by atoms with E-state index in [1.54, 1.807) is 0 Å². The molecular formula is C22H22N4O. The van der Waals surface area contributed by atoms with Crippen molar-refractivity contribution in [1.82, 2.24) is 20.1 Å². The molecule has 0 spiro atoms. The van der Waals surface area contributed by atoms with Crippen molar-refractivity contribution in [3.8, 4) is 5.69 Å². The molecule has 5 heteroatoms. The SMILES string of the molecule is Cc1[nH]c2ccc(C(=O)NCCc3cnn(-c4ccccc4)c3)cc2c1C. The minimum Gasteiger partial charge on any atom is -0.358 e. The minimum absolute atomic E-state index is 0.0504. The van der Waals surface area contributed by atoms with Gasteiger partial charge in [0.25, 0.3) is 5.91 Å². The number of amides is 1. The van der Waals surface area contributed by atoms with Crippen molar-refractivity contribution in [1.29, 1.82) is 0 Å². The molecule has 4 aromatic rings. The predicted octanol–water partition coefficient (Wildman–Crippen LogP) is 3.94. The Kier molecular flexibility index (Phi) is 4.50. The van der Waals surface area contributed by atoms with Crippen molar-refractivity contribution in [2.24, 2.45) is 0 Å². The Balaban J connectivity index is 1.39. The second-order valence-corrected chi connectivity index (χ2v) is 6.77. The summed E-state index contributed by atoms with van der Waals surface area (Å²) >= 11 is 0. The molecule has 1 amide bonds. The Bertz CT molecular complexity index is 1090. The Labute approximate surface area is 158 Å². The van der Waals surface area contributed by atoms with E-state index in [0.29, 0.717) is 12.1 Å². The van der Waals surface area contributed by atoms with Gasteiger partial charge in [-0.2, -0.15) is 5.10 Å². The molecule has 2 aromatic heterocycles. The highest BCUT2D eigenvalue weighted by Gasteiger charge is 2.10. The molecule has 0 saturated carbocycles. The lowest BCUT2D eigenvalue weighted by Crippen LogP contribution is -2.25. The average Bonchev–Trinajstić information content (AvgIpc) is 3.27. The average molecular weight is 358 g/mol. The first-order valence-electron chi connectivity index (χ1n) is 9.08. The fourth-order valence-electron chi connectivity index (χ4n) is 3.24. The number of H-pyrrole nitrogens is 1. The number of para-hydroxylation sites is 1. The summed E-state index contributed by atoms with van der Waals surface area (Å²) in [5.74, 6) is -0.0504. The van der Waals surface area contributed by atoms with E-state index < -0.39 is 0 Å². The van der Waals surface area contributed by atoms with Crippen LogP contribution in [0.3, 0.4) is 0 Å². The zero-order valence-electron chi connectivity index (χ0n) is 15.5. The lowest BCUT2D eigenvalue weighted by atomic mass is 10.1. The van der Waals surface area contributed by atoms with Gasteiger partial charge in [-0.1, -0.05) is 18.2 Å². The zero-order chi connectivity index (χ0) is 18.8. The monoisotopic (exact) mass is 358 g/mol. The third kappa shape index (κ3) is 3.49. The van der Waals surface area contributed by atoms with Crippen LogP contribution in [-0.4, -0.2) is 27.2 Å². The van der Waals surface area contributed by atoms with Gasteiger partial charge in [0.15, 0.2) is 0 Å². The largest absolute Gasteiger partial charge is 0.358 e.